The van der Waals surface area contributed by atoms with E-state index in [2.05, 4.69) is 40.5 Å². The molecule has 10 nitrogen and oxygen atoms in total. The molecule has 0 bridgehead atoms. The lowest BCUT2D eigenvalue weighted by molar-refractivity contribution is -0.402. The number of fused-ring (bicyclic) bond motifs is 1. The smallest absolute Gasteiger partial charge is 0.395 e. The van der Waals surface area contributed by atoms with Crippen molar-refractivity contribution >= 4 is 34.2 Å². The van der Waals surface area contributed by atoms with E-state index in [4.69, 9.17) is 9.15 Å². The first-order valence-corrected chi connectivity index (χ1v) is 9.64. The highest BCUT2D eigenvalue weighted by Gasteiger charge is 2.23. The fourth-order valence-corrected chi connectivity index (χ4v) is 3.48. The van der Waals surface area contributed by atoms with Gasteiger partial charge in [-0.1, -0.05) is 0 Å². The van der Waals surface area contributed by atoms with Crippen LogP contribution in [0.4, 0.5) is 17.3 Å². The number of anilines is 2. The highest BCUT2D eigenvalue weighted by Crippen LogP contribution is 2.34. The van der Waals surface area contributed by atoms with Crippen LogP contribution in [0, 0.1) is 10.1 Å². The summed E-state index contributed by atoms with van der Waals surface area (Å²) >= 11 is 0. The summed E-state index contributed by atoms with van der Waals surface area (Å²) in [5.41, 5.74) is 2.94. The minimum Gasteiger partial charge on any atom is -0.395 e. The second-order valence-electron chi connectivity index (χ2n) is 8.09. The summed E-state index contributed by atoms with van der Waals surface area (Å²) in [4.78, 5) is 29.5. The number of nitrogens with zero attached hydrogens (tertiary/aromatic N) is 4. The van der Waals surface area contributed by atoms with Crippen LogP contribution >= 0.6 is 0 Å². The van der Waals surface area contributed by atoms with Gasteiger partial charge in [-0.15, -0.1) is 0 Å². The van der Waals surface area contributed by atoms with Gasteiger partial charge in [-0.2, -0.15) is 0 Å². The molecular formula is C20H23N5O5. The van der Waals surface area contributed by atoms with Gasteiger partial charge in [-0.05, 0) is 39.0 Å². The van der Waals surface area contributed by atoms with E-state index >= 15 is 0 Å². The lowest BCUT2D eigenvalue weighted by Gasteiger charge is -2.31. The third-order valence-electron chi connectivity index (χ3n) is 4.98. The van der Waals surface area contributed by atoms with Crippen molar-refractivity contribution in [1.82, 2.24) is 9.55 Å². The largest absolute Gasteiger partial charge is 0.433 e. The number of aromatic nitrogens is 2. The summed E-state index contributed by atoms with van der Waals surface area (Å²) in [7, 11) is 0. The Morgan fingerprint density at radius 1 is 1.23 bits per heavy atom. The normalized spacial score (nSPS) is 14.8. The molecule has 0 radical (unpaired) electrons. The summed E-state index contributed by atoms with van der Waals surface area (Å²) in [6.07, 6.45) is 1.79. The third kappa shape index (κ3) is 3.73. The molecule has 0 unspecified atom stereocenters. The third-order valence-corrected chi connectivity index (χ3v) is 4.98. The van der Waals surface area contributed by atoms with Crippen LogP contribution in [0.2, 0.25) is 0 Å². The number of furan rings is 1. The molecule has 3 aromatic rings. The lowest BCUT2D eigenvalue weighted by Crippen LogP contribution is -2.36. The first-order valence-electron chi connectivity index (χ1n) is 9.64. The number of hydrogen-bond donors (Lipinski definition) is 1. The molecule has 30 heavy (non-hydrogen) atoms. The molecule has 3 heterocycles. The summed E-state index contributed by atoms with van der Waals surface area (Å²) in [5.74, 6) is -1.17. The molecule has 1 aromatic carbocycles. The van der Waals surface area contributed by atoms with Crippen molar-refractivity contribution in [2.45, 2.75) is 26.3 Å². The molecular weight excluding hydrogens is 390 g/mol. The van der Waals surface area contributed by atoms with E-state index in [0.717, 1.165) is 22.8 Å². The van der Waals surface area contributed by atoms with Crippen molar-refractivity contribution in [1.29, 1.82) is 0 Å². The van der Waals surface area contributed by atoms with Crippen LogP contribution in [0.15, 0.2) is 35.0 Å². The minimum atomic E-state index is -0.679. The van der Waals surface area contributed by atoms with Gasteiger partial charge in [0.2, 0.25) is 0 Å². The zero-order valence-electron chi connectivity index (χ0n) is 17.0. The highest BCUT2D eigenvalue weighted by molar-refractivity contribution is 6.06. The second kappa shape index (κ2) is 7.45. The van der Waals surface area contributed by atoms with Gasteiger partial charge < -0.3 is 23.9 Å². The molecule has 4 rings (SSSR count). The summed E-state index contributed by atoms with van der Waals surface area (Å²) in [6, 6.07) is 6.28. The van der Waals surface area contributed by atoms with E-state index in [1.54, 1.807) is 6.33 Å². The fraction of sp³-hybridized carbons (Fsp3) is 0.400. The number of rotatable bonds is 4. The number of hydrogen-bond acceptors (Lipinski definition) is 7. The van der Waals surface area contributed by atoms with Gasteiger partial charge in [0.05, 0.1) is 48.0 Å². The molecule has 1 fully saturated rings. The Bertz CT molecular complexity index is 1100. The van der Waals surface area contributed by atoms with Crippen LogP contribution in [0.3, 0.4) is 0 Å². The second-order valence-corrected chi connectivity index (χ2v) is 8.09. The van der Waals surface area contributed by atoms with Crippen LogP contribution in [-0.4, -0.2) is 46.7 Å². The molecule has 0 aliphatic carbocycles. The van der Waals surface area contributed by atoms with Crippen LogP contribution in [0.1, 0.15) is 31.3 Å². The predicted octanol–water partition coefficient (Wildman–Crippen LogP) is 3.38. The molecule has 1 amide bonds. The van der Waals surface area contributed by atoms with Crippen molar-refractivity contribution in [2.75, 3.05) is 36.5 Å². The number of nitro groups is 1. The van der Waals surface area contributed by atoms with Gasteiger partial charge >= 0.3 is 5.88 Å². The van der Waals surface area contributed by atoms with E-state index in [1.807, 2.05) is 12.1 Å². The Morgan fingerprint density at radius 2 is 1.97 bits per heavy atom. The van der Waals surface area contributed by atoms with Gasteiger partial charge in [0.25, 0.3) is 5.91 Å². The molecule has 1 N–H and O–H groups in total. The molecule has 0 saturated carbocycles. The molecule has 0 atom stereocenters. The monoisotopic (exact) mass is 413 g/mol. The van der Waals surface area contributed by atoms with Gasteiger partial charge in [-0.25, -0.2) is 4.98 Å². The molecule has 158 valence electrons. The molecule has 10 heteroatoms. The van der Waals surface area contributed by atoms with Gasteiger partial charge in [0, 0.05) is 18.6 Å². The van der Waals surface area contributed by atoms with Crippen LogP contribution in [0.25, 0.3) is 11.0 Å². The number of carbonyl (C=O) groups excluding carboxylic acids is 1. The SMILES string of the molecule is CC(C)(C)n1cnc2cc(NC(=O)c3ccc([N+](=O)[O-])o3)c(N3CCOCC3)cc21. The van der Waals surface area contributed by atoms with E-state index in [1.165, 1.54) is 6.07 Å². The van der Waals surface area contributed by atoms with Crippen LogP contribution < -0.4 is 10.2 Å². The minimum absolute atomic E-state index is 0.130. The zero-order valence-corrected chi connectivity index (χ0v) is 17.0. The quantitative estimate of drug-likeness (QED) is 0.515. The van der Waals surface area contributed by atoms with Gasteiger partial charge in [0.1, 0.15) is 4.92 Å². The number of imidazole rings is 1. The van der Waals surface area contributed by atoms with Crippen molar-refractivity contribution in [3.63, 3.8) is 0 Å². The fourth-order valence-electron chi connectivity index (χ4n) is 3.48. The summed E-state index contributed by atoms with van der Waals surface area (Å²) < 4.78 is 12.6. The highest BCUT2D eigenvalue weighted by atomic mass is 16.6. The number of nitrogens with one attached hydrogen (secondary N) is 1. The molecule has 1 aliphatic heterocycles. The first kappa shape index (κ1) is 19.9. The zero-order chi connectivity index (χ0) is 21.5. The number of carbonyl (C=O) groups is 1. The van der Waals surface area contributed by atoms with Gasteiger partial charge in [-0.3, -0.25) is 14.9 Å². The number of benzene rings is 1. The van der Waals surface area contributed by atoms with Crippen LogP contribution in [0.5, 0.6) is 0 Å². The Labute approximate surface area is 172 Å². The number of amides is 1. The van der Waals surface area contributed by atoms with Crippen molar-refractivity contribution in [3.8, 4) is 0 Å². The standard InChI is InChI=1S/C20H23N5O5/c1-20(2,3)24-12-21-13-10-14(15(11-16(13)24)23-6-8-29-9-7-23)22-19(26)17-4-5-18(30-17)25(27)28/h4-5,10-12H,6-9H2,1-3H3,(H,22,26). The number of morpholine rings is 1. The summed E-state index contributed by atoms with van der Waals surface area (Å²) in [5, 5.41) is 13.7. The molecule has 1 saturated heterocycles. The van der Waals surface area contributed by atoms with Gasteiger partial charge in [0.15, 0.2) is 5.76 Å². The maximum Gasteiger partial charge on any atom is 0.433 e. The van der Waals surface area contributed by atoms with E-state index in [-0.39, 0.29) is 11.3 Å². The maximum absolute atomic E-state index is 12.7. The van der Waals surface area contributed by atoms with Crippen LogP contribution in [-0.2, 0) is 10.3 Å². The first-order chi connectivity index (χ1) is 14.2. The Hall–Kier alpha value is -3.40. The maximum atomic E-state index is 12.7. The Morgan fingerprint density at radius 3 is 2.60 bits per heavy atom. The topological polar surface area (TPSA) is 116 Å². The van der Waals surface area contributed by atoms with Crippen molar-refractivity contribution in [2.24, 2.45) is 0 Å². The van der Waals surface area contributed by atoms with E-state index in [0.29, 0.717) is 32.0 Å². The van der Waals surface area contributed by atoms with E-state index in [9.17, 15) is 14.9 Å². The summed E-state index contributed by atoms with van der Waals surface area (Å²) in [6.45, 7) is 8.85. The van der Waals surface area contributed by atoms with Crippen molar-refractivity contribution < 1.29 is 18.9 Å². The average molecular weight is 413 g/mol. The Balaban J connectivity index is 1.74. The van der Waals surface area contributed by atoms with E-state index < -0.39 is 16.7 Å². The molecule has 1 aliphatic rings. The van der Waals surface area contributed by atoms with Crippen molar-refractivity contribution in [3.05, 3.63) is 46.5 Å². The molecule has 0 spiro atoms. The molecule has 2 aromatic heterocycles. The Kier molecular flexibility index (Phi) is 4.94. The predicted molar refractivity (Wildman–Crippen MR) is 111 cm³/mol. The number of ether oxygens (including phenoxy) is 1. The lowest BCUT2D eigenvalue weighted by atomic mass is 10.1. The average Bonchev–Trinajstić information content (AvgIpc) is 3.35.